The molecule has 0 aromatic carbocycles. The second-order valence-electron chi connectivity index (χ2n) is 6.93. The molecule has 0 aromatic rings. The van der Waals surface area contributed by atoms with Gasteiger partial charge >= 0.3 is 11.9 Å². The molecule has 0 fully saturated rings. The monoisotopic (exact) mass is 374 g/mol. The summed E-state index contributed by atoms with van der Waals surface area (Å²) in [6.07, 6.45) is 16.2. The van der Waals surface area contributed by atoms with Crippen LogP contribution in [0.4, 0.5) is 0 Å². The molecule has 25 heavy (non-hydrogen) atoms. The largest absolute Gasteiger partial charge is 0.481 e. The molecule has 0 aliphatic rings. The molecule has 0 aliphatic carbocycles. The summed E-state index contributed by atoms with van der Waals surface area (Å²) < 4.78 is 0. The van der Waals surface area contributed by atoms with Crippen LogP contribution in [0.5, 0.6) is 0 Å². The zero-order valence-corrected chi connectivity index (χ0v) is 16.8. The molecule has 0 radical (unpaired) electrons. The summed E-state index contributed by atoms with van der Waals surface area (Å²) in [5.41, 5.74) is 0. The van der Waals surface area contributed by atoms with Gasteiger partial charge in [-0.05, 0) is 6.42 Å². The third-order valence-electron chi connectivity index (χ3n) is 4.53. The Morgan fingerprint density at radius 3 is 1.72 bits per heavy atom. The molecule has 5 heteroatoms. The number of thioether (sulfide) groups is 1. The third kappa shape index (κ3) is 17.9. The predicted octanol–water partition coefficient (Wildman–Crippen LogP) is 5.99. The van der Waals surface area contributed by atoms with E-state index in [1.165, 1.54) is 76.0 Å². The second-order valence-corrected chi connectivity index (χ2v) is 8.08. The van der Waals surface area contributed by atoms with E-state index in [-0.39, 0.29) is 12.3 Å². The Hall–Kier alpha value is -0.710. The van der Waals surface area contributed by atoms with Gasteiger partial charge in [-0.15, -0.1) is 0 Å². The first kappa shape index (κ1) is 24.3. The van der Waals surface area contributed by atoms with Gasteiger partial charge in [0.05, 0.1) is 12.3 Å². The molecule has 148 valence electrons. The lowest BCUT2D eigenvalue weighted by Gasteiger charge is -2.11. The van der Waals surface area contributed by atoms with E-state index in [9.17, 15) is 14.7 Å². The molecule has 0 heterocycles. The van der Waals surface area contributed by atoms with Crippen LogP contribution >= 0.6 is 11.8 Å². The fourth-order valence-electron chi connectivity index (χ4n) is 2.89. The van der Waals surface area contributed by atoms with Gasteiger partial charge < -0.3 is 10.2 Å². The van der Waals surface area contributed by atoms with Crippen LogP contribution in [0, 0.1) is 5.92 Å². The van der Waals surface area contributed by atoms with Crippen molar-refractivity contribution in [2.24, 2.45) is 5.92 Å². The summed E-state index contributed by atoms with van der Waals surface area (Å²) in [4.78, 5) is 21.7. The number of hydrogen-bond acceptors (Lipinski definition) is 3. The number of rotatable bonds is 19. The maximum Gasteiger partial charge on any atom is 0.307 e. The molecule has 0 aliphatic heterocycles. The van der Waals surface area contributed by atoms with Crippen LogP contribution in [-0.4, -0.2) is 33.7 Å². The zero-order chi connectivity index (χ0) is 18.8. The van der Waals surface area contributed by atoms with Crippen LogP contribution in [0.3, 0.4) is 0 Å². The van der Waals surface area contributed by atoms with Gasteiger partial charge in [0.25, 0.3) is 0 Å². The van der Waals surface area contributed by atoms with Crippen molar-refractivity contribution in [1.82, 2.24) is 0 Å². The van der Waals surface area contributed by atoms with Crippen molar-refractivity contribution < 1.29 is 19.8 Å². The van der Waals surface area contributed by atoms with E-state index >= 15 is 0 Å². The van der Waals surface area contributed by atoms with Crippen molar-refractivity contribution in [2.75, 3.05) is 11.5 Å². The minimum absolute atomic E-state index is 0.107. The van der Waals surface area contributed by atoms with Crippen LogP contribution in [0.1, 0.15) is 96.8 Å². The summed E-state index contributed by atoms with van der Waals surface area (Å²) >= 11 is 1.44. The van der Waals surface area contributed by atoms with E-state index in [0.29, 0.717) is 17.9 Å². The highest BCUT2D eigenvalue weighted by molar-refractivity contribution is 7.99. The Bertz CT molecular complexity index is 334. The average molecular weight is 375 g/mol. The number of unbranched alkanes of at least 4 members (excludes halogenated alkanes) is 11. The topological polar surface area (TPSA) is 74.6 Å². The quantitative estimate of drug-likeness (QED) is 0.272. The van der Waals surface area contributed by atoms with Crippen LogP contribution in [0.25, 0.3) is 0 Å². The van der Waals surface area contributed by atoms with E-state index in [4.69, 9.17) is 5.11 Å². The molecule has 0 bridgehead atoms. The molecule has 0 spiro atoms. The zero-order valence-electron chi connectivity index (χ0n) is 16.0. The molecular weight excluding hydrogens is 336 g/mol. The second kappa shape index (κ2) is 18.1. The Labute approximate surface area is 158 Å². The van der Waals surface area contributed by atoms with Crippen LogP contribution in [0.15, 0.2) is 0 Å². The normalized spacial score (nSPS) is 12.2. The Morgan fingerprint density at radius 2 is 1.28 bits per heavy atom. The minimum Gasteiger partial charge on any atom is -0.481 e. The van der Waals surface area contributed by atoms with Gasteiger partial charge in [-0.1, -0.05) is 84.0 Å². The van der Waals surface area contributed by atoms with Gasteiger partial charge in [0, 0.05) is 11.5 Å². The van der Waals surface area contributed by atoms with Crippen LogP contribution in [-0.2, 0) is 9.59 Å². The van der Waals surface area contributed by atoms with E-state index < -0.39 is 11.9 Å². The maximum absolute atomic E-state index is 11.2. The molecule has 0 saturated heterocycles. The van der Waals surface area contributed by atoms with Crippen molar-refractivity contribution in [2.45, 2.75) is 96.8 Å². The molecule has 1 atom stereocenters. The Balaban J connectivity index is 3.44. The van der Waals surface area contributed by atoms with E-state index in [1.807, 2.05) is 0 Å². The number of aliphatic carboxylic acids is 2. The highest BCUT2D eigenvalue weighted by Gasteiger charge is 2.16. The maximum atomic E-state index is 11.2. The number of carbonyl (C=O) groups is 2. The fraction of sp³-hybridized carbons (Fsp3) is 0.900. The summed E-state index contributed by atoms with van der Waals surface area (Å²) in [7, 11) is 0. The smallest absolute Gasteiger partial charge is 0.307 e. The highest BCUT2D eigenvalue weighted by atomic mass is 32.2. The number of hydrogen-bond donors (Lipinski definition) is 2. The van der Waals surface area contributed by atoms with Crippen LogP contribution < -0.4 is 0 Å². The Kier molecular flexibility index (Phi) is 17.6. The standard InChI is InChI=1S/C20H38O4S/c1-2-3-4-5-6-7-8-9-10-11-12-13-14-18(20(23)24)17-25-16-15-19(21)22/h18H,2-17H2,1H3,(H,21,22)(H,23,24). The minimum atomic E-state index is -0.819. The van der Waals surface area contributed by atoms with Gasteiger partial charge in [-0.2, -0.15) is 11.8 Å². The summed E-state index contributed by atoms with van der Waals surface area (Å²) in [6.45, 7) is 2.25. The first-order valence-corrected chi connectivity index (χ1v) is 11.3. The van der Waals surface area contributed by atoms with E-state index in [2.05, 4.69) is 6.92 Å². The molecule has 0 saturated carbocycles. The summed E-state index contributed by atoms with van der Waals surface area (Å²) in [5.74, 6) is -0.869. The van der Waals surface area contributed by atoms with Gasteiger partial charge in [0.1, 0.15) is 0 Å². The van der Waals surface area contributed by atoms with E-state index in [1.54, 1.807) is 0 Å². The fourth-order valence-corrected chi connectivity index (χ4v) is 3.97. The van der Waals surface area contributed by atoms with Crippen LogP contribution in [0.2, 0.25) is 0 Å². The van der Waals surface area contributed by atoms with Crippen molar-refractivity contribution >= 4 is 23.7 Å². The lowest BCUT2D eigenvalue weighted by Crippen LogP contribution is -2.16. The Morgan fingerprint density at radius 1 is 0.800 bits per heavy atom. The third-order valence-corrected chi connectivity index (χ3v) is 5.67. The predicted molar refractivity (Wildman–Crippen MR) is 106 cm³/mol. The van der Waals surface area contributed by atoms with Crippen molar-refractivity contribution in [3.8, 4) is 0 Å². The highest BCUT2D eigenvalue weighted by Crippen LogP contribution is 2.18. The van der Waals surface area contributed by atoms with Gasteiger partial charge in [0.15, 0.2) is 0 Å². The van der Waals surface area contributed by atoms with Crippen molar-refractivity contribution in [3.05, 3.63) is 0 Å². The molecule has 0 amide bonds. The van der Waals surface area contributed by atoms with E-state index in [0.717, 1.165) is 12.8 Å². The lowest BCUT2D eigenvalue weighted by molar-refractivity contribution is -0.141. The average Bonchev–Trinajstić information content (AvgIpc) is 2.57. The molecule has 0 aromatic heterocycles. The summed E-state index contributed by atoms with van der Waals surface area (Å²) in [6, 6.07) is 0. The van der Waals surface area contributed by atoms with Gasteiger partial charge in [-0.25, -0.2) is 0 Å². The SMILES string of the molecule is CCCCCCCCCCCCCCC(CSCCC(=O)O)C(=O)O. The lowest BCUT2D eigenvalue weighted by atomic mass is 10.0. The summed E-state index contributed by atoms with van der Waals surface area (Å²) in [5, 5.41) is 17.8. The molecule has 1 unspecified atom stereocenters. The van der Waals surface area contributed by atoms with Gasteiger partial charge in [0.2, 0.25) is 0 Å². The molecule has 2 N–H and O–H groups in total. The van der Waals surface area contributed by atoms with Crippen molar-refractivity contribution in [3.63, 3.8) is 0 Å². The number of carboxylic acid groups (broad SMARTS) is 2. The first-order chi connectivity index (χ1) is 12.1. The first-order valence-electron chi connectivity index (χ1n) is 10.1. The molecular formula is C20H38O4S. The number of carboxylic acids is 2. The molecule has 0 rings (SSSR count). The van der Waals surface area contributed by atoms with Gasteiger partial charge in [-0.3, -0.25) is 9.59 Å². The van der Waals surface area contributed by atoms with Crippen molar-refractivity contribution in [1.29, 1.82) is 0 Å². The molecule has 4 nitrogen and oxygen atoms in total.